The fraction of sp³-hybridized carbons (Fsp3) is 0.300. The van der Waals surface area contributed by atoms with E-state index in [1.54, 1.807) is 12.1 Å². The summed E-state index contributed by atoms with van der Waals surface area (Å²) in [5.41, 5.74) is 1.73. The van der Waals surface area contributed by atoms with Gasteiger partial charge in [0.25, 0.3) is 5.89 Å². The van der Waals surface area contributed by atoms with Crippen molar-refractivity contribution in [2.24, 2.45) is 5.92 Å². The third-order valence-corrected chi connectivity index (χ3v) is 4.88. The Bertz CT molecular complexity index is 926. The molecule has 144 valence electrons. The van der Waals surface area contributed by atoms with Crippen molar-refractivity contribution >= 4 is 17.9 Å². The van der Waals surface area contributed by atoms with Crippen LogP contribution in [0.2, 0.25) is 0 Å². The zero-order valence-electron chi connectivity index (χ0n) is 15.2. The van der Waals surface area contributed by atoms with Crippen molar-refractivity contribution < 1.29 is 18.5 Å². The Morgan fingerprint density at radius 1 is 1.21 bits per heavy atom. The average molecular weight is 380 g/mol. The molecule has 2 aromatic heterocycles. The summed E-state index contributed by atoms with van der Waals surface area (Å²) in [5.74, 6) is 1.16. The maximum atomic E-state index is 12.5. The SMILES string of the molecule is O=Cc1ccc(N2CCC(C(=O)NCc3noc(-c4ccco4)n3)CC2)cc1. The summed E-state index contributed by atoms with van der Waals surface area (Å²) in [6.07, 6.45) is 3.90. The molecule has 8 heteroatoms. The molecule has 28 heavy (non-hydrogen) atoms. The smallest absolute Gasteiger partial charge is 0.293 e. The van der Waals surface area contributed by atoms with Crippen molar-refractivity contribution in [1.29, 1.82) is 0 Å². The topological polar surface area (TPSA) is 101 Å². The first-order chi connectivity index (χ1) is 13.7. The van der Waals surface area contributed by atoms with Gasteiger partial charge in [0, 0.05) is 30.3 Å². The minimum atomic E-state index is -0.0399. The van der Waals surface area contributed by atoms with Crippen LogP contribution in [0.15, 0.2) is 51.6 Å². The third-order valence-electron chi connectivity index (χ3n) is 4.88. The van der Waals surface area contributed by atoms with Crippen LogP contribution < -0.4 is 10.2 Å². The molecule has 0 saturated carbocycles. The second-order valence-corrected chi connectivity index (χ2v) is 6.68. The van der Waals surface area contributed by atoms with E-state index in [2.05, 4.69) is 20.4 Å². The number of nitrogens with zero attached hydrogens (tertiary/aromatic N) is 3. The first-order valence-corrected chi connectivity index (χ1v) is 9.17. The molecule has 3 heterocycles. The lowest BCUT2D eigenvalue weighted by atomic mass is 9.95. The molecular weight excluding hydrogens is 360 g/mol. The molecule has 1 amide bonds. The van der Waals surface area contributed by atoms with E-state index in [-0.39, 0.29) is 18.4 Å². The number of aromatic nitrogens is 2. The van der Waals surface area contributed by atoms with Crippen molar-refractivity contribution in [2.75, 3.05) is 18.0 Å². The van der Waals surface area contributed by atoms with Crippen LogP contribution in [0, 0.1) is 5.92 Å². The number of rotatable bonds is 6. The van der Waals surface area contributed by atoms with E-state index in [1.807, 2.05) is 24.3 Å². The number of furan rings is 1. The largest absolute Gasteiger partial charge is 0.459 e. The van der Waals surface area contributed by atoms with Crippen molar-refractivity contribution in [3.8, 4) is 11.7 Å². The predicted molar refractivity (Wildman–Crippen MR) is 101 cm³/mol. The molecule has 8 nitrogen and oxygen atoms in total. The van der Waals surface area contributed by atoms with Crippen molar-refractivity contribution in [2.45, 2.75) is 19.4 Å². The molecule has 0 bridgehead atoms. The van der Waals surface area contributed by atoms with Crippen LogP contribution in [-0.4, -0.2) is 35.4 Å². The van der Waals surface area contributed by atoms with Gasteiger partial charge in [-0.1, -0.05) is 5.16 Å². The Balaban J connectivity index is 1.26. The molecule has 3 aromatic rings. The number of piperidine rings is 1. The number of carbonyl (C=O) groups excluding carboxylic acids is 2. The van der Waals surface area contributed by atoms with Crippen LogP contribution >= 0.6 is 0 Å². The van der Waals surface area contributed by atoms with Crippen molar-refractivity contribution in [1.82, 2.24) is 15.5 Å². The highest BCUT2D eigenvalue weighted by molar-refractivity contribution is 5.79. The second kappa shape index (κ2) is 8.08. The molecule has 0 radical (unpaired) electrons. The van der Waals surface area contributed by atoms with Gasteiger partial charge < -0.3 is 19.2 Å². The lowest BCUT2D eigenvalue weighted by Gasteiger charge is -2.33. The zero-order valence-corrected chi connectivity index (χ0v) is 15.2. The first-order valence-electron chi connectivity index (χ1n) is 9.17. The van der Waals surface area contributed by atoms with E-state index in [1.165, 1.54) is 6.26 Å². The van der Waals surface area contributed by atoms with Gasteiger partial charge in [-0.15, -0.1) is 0 Å². The van der Waals surface area contributed by atoms with E-state index >= 15 is 0 Å². The fourth-order valence-corrected chi connectivity index (χ4v) is 3.30. The molecule has 1 saturated heterocycles. The average Bonchev–Trinajstić information content (AvgIpc) is 3.44. The Morgan fingerprint density at radius 3 is 2.68 bits per heavy atom. The molecule has 0 unspecified atom stereocenters. The number of benzene rings is 1. The highest BCUT2D eigenvalue weighted by Crippen LogP contribution is 2.24. The van der Waals surface area contributed by atoms with E-state index in [4.69, 9.17) is 8.94 Å². The van der Waals surface area contributed by atoms with E-state index in [0.717, 1.165) is 37.9 Å². The maximum absolute atomic E-state index is 12.5. The first kappa shape index (κ1) is 18.0. The molecule has 0 atom stereocenters. The number of carbonyl (C=O) groups is 2. The van der Waals surface area contributed by atoms with Crippen LogP contribution in [0.3, 0.4) is 0 Å². The number of hydrogen-bond acceptors (Lipinski definition) is 7. The number of aldehydes is 1. The molecule has 1 N–H and O–H groups in total. The minimum Gasteiger partial charge on any atom is -0.459 e. The summed E-state index contributed by atoms with van der Waals surface area (Å²) >= 11 is 0. The number of amides is 1. The normalized spacial score (nSPS) is 14.8. The fourth-order valence-electron chi connectivity index (χ4n) is 3.30. The summed E-state index contributed by atoms with van der Waals surface area (Å²) < 4.78 is 10.3. The number of hydrogen-bond donors (Lipinski definition) is 1. The Labute approximate surface area is 161 Å². The van der Waals surface area contributed by atoms with Gasteiger partial charge >= 0.3 is 0 Å². The third kappa shape index (κ3) is 3.95. The molecule has 1 aromatic carbocycles. The van der Waals surface area contributed by atoms with Crippen LogP contribution in [0.1, 0.15) is 29.0 Å². The Morgan fingerprint density at radius 2 is 2.00 bits per heavy atom. The number of anilines is 1. The van der Waals surface area contributed by atoms with Gasteiger partial charge in [-0.25, -0.2) is 0 Å². The van der Waals surface area contributed by atoms with E-state index < -0.39 is 0 Å². The summed E-state index contributed by atoms with van der Waals surface area (Å²) in [6, 6.07) is 11.0. The molecule has 1 aliphatic heterocycles. The standard InChI is InChI=1S/C20H20N4O4/c25-13-14-3-5-16(6-4-14)24-9-7-15(8-10-24)19(26)21-12-18-22-20(28-23-18)17-2-1-11-27-17/h1-6,11,13,15H,7-10,12H2,(H,21,26). The Kier molecular flexibility index (Phi) is 5.18. The summed E-state index contributed by atoms with van der Waals surface area (Å²) in [4.78, 5) is 29.7. The summed E-state index contributed by atoms with van der Waals surface area (Å²) in [7, 11) is 0. The van der Waals surface area contributed by atoms with Gasteiger partial charge in [-0.05, 0) is 49.2 Å². The van der Waals surface area contributed by atoms with Gasteiger partial charge in [0.15, 0.2) is 11.6 Å². The molecule has 1 aliphatic rings. The molecular formula is C20H20N4O4. The van der Waals surface area contributed by atoms with Crippen molar-refractivity contribution in [3.05, 3.63) is 54.0 Å². The summed E-state index contributed by atoms with van der Waals surface area (Å²) in [6.45, 7) is 1.81. The molecule has 0 spiro atoms. The number of nitrogens with one attached hydrogen (secondary N) is 1. The maximum Gasteiger partial charge on any atom is 0.293 e. The summed E-state index contributed by atoms with van der Waals surface area (Å²) in [5, 5.41) is 6.75. The van der Waals surface area contributed by atoms with E-state index in [9.17, 15) is 9.59 Å². The van der Waals surface area contributed by atoms with Gasteiger partial charge in [-0.2, -0.15) is 4.98 Å². The lowest BCUT2D eigenvalue weighted by Crippen LogP contribution is -2.40. The van der Waals surface area contributed by atoms with E-state index in [0.29, 0.717) is 23.0 Å². The van der Waals surface area contributed by atoms with Crippen LogP contribution in [0.5, 0.6) is 0 Å². The van der Waals surface area contributed by atoms with Crippen LogP contribution in [-0.2, 0) is 11.3 Å². The lowest BCUT2D eigenvalue weighted by molar-refractivity contribution is -0.125. The van der Waals surface area contributed by atoms with Gasteiger partial charge in [-0.3, -0.25) is 9.59 Å². The Hall–Kier alpha value is -3.42. The van der Waals surface area contributed by atoms with Gasteiger partial charge in [0.2, 0.25) is 5.91 Å². The molecule has 0 aliphatic carbocycles. The monoisotopic (exact) mass is 380 g/mol. The predicted octanol–water partition coefficient (Wildman–Crippen LogP) is 2.67. The highest BCUT2D eigenvalue weighted by atomic mass is 16.5. The quantitative estimate of drug-likeness (QED) is 0.656. The molecule has 4 rings (SSSR count). The minimum absolute atomic E-state index is 0.000279. The van der Waals surface area contributed by atoms with Crippen molar-refractivity contribution in [3.63, 3.8) is 0 Å². The van der Waals surface area contributed by atoms with Crippen LogP contribution in [0.25, 0.3) is 11.7 Å². The highest BCUT2D eigenvalue weighted by Gasteiger charge is 2.25. The second-order valence-electron chi connectivity index (χ2n) is 6.68. The van der Waals surface area contributed by atoms with Gasteiger partial charge in [0.1, 0.15) is 6.29 Å². The molecule has 1 fully saturated rings. The van der Waals surface area contributed by atoms with Gasteiger partial charge in [0.05, 0.1) is 12.8 Å². The van der Waals surface area contributed by atoms with Crippen LogP contribution in [0.4, 0.5) is 5.69 Å². The zero-order chi connectivity index (χ0) is 19.3.